The van der Waals surface area contributed by atoms with Crippen molar-refractivity contribution in [2.45, 2.75) is 11.6 Å². The van der Waals surface area contributed by atoms with Crippen LogP contribution in [-0.2, 0) is 5.41 Å². The number of rotatable bonds is 6. The maximum atomic E-state index is 6.55. The zero-order valence-electron chi connectivity index (χ0n) is 30.6. The number of ether oxygens (including phenoxy) is 1. The molecule has 2 aliphatic rings. The number of amidine groups is 1. The van der Waals surface area contributed by atoms with E-state index in [1.165, 1.54) is 22.3 Å². The van der Waals surface area contributed by atoms with Crippen LogP contribution < -0.4 is 10.5 Å². The molecular formula is C52H37N3O. The number of benzene rings is 8. The summed E-state index contributed by atoms with van der Waals surface area (Å²) in [5.41, 5.74) is 20.8. The van der Waals surface area contributed by atoms with Gasteiger partial charge in [-0.3, -0.25) is 0 Å². The fourth-order valence-corrected chi connectivity index (χ4v) is 8.47. The molecule has 0 bridgehead atoms. The lowest BCUT2D eigenvalue weighted by Crippen LogP contribution is -2.32. The van der Waals surface area contributed by atoms with E-state index in [1.54, 1.807) is 0 Å². The second kappa shape index (κ2) is 13.9. The fraction of sp³-hybridized carbons (Fsp3) is 0.0385. The maximum Gasteiger partial charge on any atom is 0.156 e. The average molecular weight is 720 g/mol. The van der Waals surface area contributed by atoms with Crippen molar-refractivity contribution in [3.05, 3.63) is 239 Å². The van der Waals surface area contributed by atoms with Gasteiger partial charge in [0.15, 0.2) is 5.84 Å². The van der Waals surface area contributed by atoms with Gasteiger partial charge < -0.3 is 10.5 Å². The van der Waals surface area contributed by atoms with Crippen LogP contribution in [0.2, 0.25) is 0 Å². The van der Waals surface area contributed by atoms with Crippen LogP contribution in [0.1, 0.15) is 45.1 Å². The predicted molar refractivity (Wildman–Crippen MR) is 229 cm³/mol. The molecule has 10 rings (SSSR count). The van der Waals surface area contributed by atoms with Crippen molar-refractivity contribution in [2.24, 2.45) is 15.7 Å². The van der Waals surface area contributed by atoms with E-state index in [0.717, 1.165) is 61.6 Å². The van der Waals surface area contributed by atoms with Crippen molar-refractivity contribution in [1.82, 2.24) is 0 Å². The first-order chi connectivity index (χ1) is 27.7. The van der Waals surface area contributed by atoms with Crippen LogP contribution in [0.3, 0.4) is 0 Å². The quantitative estimate of drug-likeness (QED) is 0.137. The molecule has 0 amide bonds. The third kappa shape index (κ3) is 5.67. The molecule has 56 heavy (non-hydrogen) atoms. The van der Waals surface area contributed by atoms with E-state index in [9.17, 15) is 0 Å². The van der Waals surface area contributed by atoms with Crippen molar-refractivity contribution >= 4 is 12.1 Å². The Morgan fingerprint density at radius 3 is 1.75 bits per heavy atom. The van der Waals surface area contributed by atoms with Gasteiger partial charge in [0.25, 0.3) is 0 Å². The first-order valence-electron chi connectivity index (χ1n) is 19.0. The summed E-state index contributed by atoms with van der Waals surface area (Å²) in [5.74, 6) is 2.37. The number of hydrogen-bond donors (Lipinski definition) is 1. The highest BCUT2D eigenvalue weighted by Gasteiger charge is 2.51. The van der Waals surface area contributed by atoms with Gasteiger partial charge in [-0.25, -0.2) is 9.98 Å². The Balaban J connectivity index is 1.03. The summed E-state index contributed by atoms with van der Waals surface area (Å²) in [5, 5.41) is 0. The summed E-state index contributed by atoms with van der Waals surface area (Å²) in [6.07, 6.45) is 1.34. The lowest BCUT2D eigenvalue weighted by Gasteiger charge is -2.39. The van der Waals surface area contributed by atoms with E-state index in [0.29, 0.717) is 5.84 Å². The Morgan fingerprint density at radius 1 is 0.482 bits per heavy atom. The van der Waals surface area contributed by atoms with Gasteiger partial charge in [-0.1, -0.05) is 170 Å². The molecule has 4 nitrogen and oxygen atoms in total. The van der Waals surface area contributed by atoms with Crippen LogP contribution >= 0.6 is 0 Å². The van der Waals surface area contributed by atoms with Crippen LogP contribution in [-0.4, -0.2) is 12.1 Å². The molecule has 1 aliphatic heterocycles. The maximum absolute atomic E-state index is 6.55. The molecule has 1 aliphatic carbocycles. The monoisotopic (exact) mass is 719 g/mol. The highest BCUT2D eigenvalue weighted by molar-refractivity contribution is 6.05. The van der Waals surface area contributed by atoms with Crippen molar-refractivity contribution < 1.29 is 4.74 Å². The number of hydrogen-bond acceptors (Lipinski definition) is 3. The number of aliphatic imine (C=N–C) groups is 2. The lowest BCUT2D eigenvalue weighted by molar-refractivity contribution is 0.436. The minimum atomic E-state index is -0.531. The second-order valence-corrected chi connectivity index (χ2v) is 14.3. The number of para-hydroxylation sites is 2. The summed E-state index contributed by atoms with van der Waals surface area (Å²) in [7, 11) is 0. The molecule has 0 radical (unpaired) electrons. The van der Waals surface area contributed by atoms with E-state index in [2.05, 4.69) is 140 Å². The molecule has 0 aromatic heterocycles. The molecule has 8 aromatic rings. The minimum absolute atomic E-state index is 0.508. The van der Waals surface area contributed by atoms with Crippen molar-refractivity contribution in [1.29, 1.82) is 0 Å². The average Bonchev–Trinajstić information content (AvgIpc) is 3.56. The van der Waals surface area contributed by atoms with Gasteiger partial charge in [0, 0.05) is 22.9 Å². The molecule has 1 spiro atoms. The van der Waals surface area contributed by atoms with Gasteiger partial charge in [0.2, 0.25) is 0 Å². The third-order valence-electron chi connectivity index (χ3n) is 11.0. The normalized spacial score (nSPS) is 14.1. The van der Waals surface area contributed by atoms with Gasteiger partial charge >= 0.3 is 0 Å². The summed E-state index contributed by atoms with van der Waals surface area (Å²) in [6.45, 7) is 0. The molecule has 1 unspecified atom stereocenters. The lowest BCUT2D eigenvalue weighted by atomic mass is 9.66. The van der Waals surface area contributed by atoms with E-state index in [1.807, 2.05) is 66.9 Å². The van der Waals surface area contributed by atoms with Crippen LogP contribution in [0.4, 0.5) is 0 Å². The smallest absolute Gasteiger partial charge is 0.156 e. The van der Waals surface area contributed by atoms with Crippen molar-refractivity contribution in [3.63, 3.8) is 0 Å². The topological polar surface area (TPSA) is 60.0 Å². The summed E-state index contributed by atoms with van der Waals surface area (Å²) in [6, 6.07) is 70.0. The highest BCUT2D eigenvalue weighted by Crippen LogP contribution is 2.62. The fourth-order valence-electron chi connectivity index (χ4n) is 8.47. The van der Waals surface area contributed by atoms with Gasteiger partial charge in [-0.15, -0.1) is 0 Å². The molecular weight excluding hydrogens is 683 g/mol. The van der Waals surface area contributed by atoms with Crippen LogP contribution in [0.5, 0.6) is 11.5 Å². The summed E-state index contributed by atoms with van der Waals surface area (Å²) < 4.78 is 6.55. The van der Waals surface area contributed by atoms with E-state index >= 15 is 0 Å². The number of nitrogens with two attached hydrogens (primary N) is 1. The largest absolute Gasteiger partial charge is 0.457 e. The number of fused-ring (bicyclic) bond motifs is 9. The summed E-state index contributed by atoms with van der Waals surface area (Å²) in [4.78, 5) is 9.73. The Hall–Kier alpha value is -7.14. The van der Waals surface area contributed by atoms with Crippen molar-refractivity contribution in [2.75, 3.05) is 0 Å². The third-order valence-corrected chi connectivity index (χ3v) is 11.0. The zero-order chi connectivity index (χ0) is 37.5. The van der Waals surface area contributed by atoms with Gasteiger partial charge in [-0.2, -0.15) is 0 Å². The minimum Gasteiger partial charge on any atom is -0.457 e. The molecule has 266 valence electrons. The first-order valence-corrected chi connectivity index (χ1v) is 19.0. The molecule has 1 atom stereocenters. The van der Waals surface area contributed by atoms with Gasteiger partial charge in [0.05, 0.1) is 5.41 Å². The van der Waals surface area contributed by atoms with Crippen LogP contribution in [0.25, 0.3) is 33.4 Å². The molecule has 0 fully saturated rings. The Labute approximate surface area is 327 Å². The van der Waals surface area contributed by atoms with E-state index in [4.69, 9.17) is 20.5 Å². The van der Waals surface area contributed by atoms with Crippen molar-refractivity contribution in [3.8, 4) is 44.9 Å². The predicted octanol–water partition coefficient (Wildman–Crippen LogP) is 12.0. The highest BCUT2D eigenvalue weighted by atomic mass is 16.5. The first kappa shape index (κ1) is 33.4. The second-order valence-electron chi connectivity index (χ2n) is 14.3. The molecule has 0 saturated heterocycles. The van der Waals surface area contributed by atoms with E-state index < -0.39 is 11.6 Å². The Morgan fingerprint density at radius 2 is 1.04 bits per heavy atom. The number of nitrogens with zero attached hydrogens (tertiary/aromatic N) is 2. The molecule has 0 saturated carbocycles. The molecule has 2 N–H and O–H groups in total. The zero-order valence-corrected chi connectivity index (χ0v) is 30.6. The van der Waals surface area contributed by atoms with Crippen LogP contribution in [0.15, 0.2) is 210 Å². The molecule has 4 heteroatoms. The molecule has 1 heterocycles. The Bertz CT molecular complexity index is 2760. The van der Waals surface area contributed by atoms with Gasteiger partial charge in [-0.05, 0) is 86.0 Å². The van der Waals surface area contributed by atoms with E-state index in [-0.39, 0.29) is 0 Å². The van der Waals surface area contributed by atoms with Gasteiger partial charge in [0.1, 0.15) is 17.7 Å². The van der Waals surface area contributed by atoms with Crippen LogP contribution in [0, 0.1) is 0 Å². The SMILES string of the molecule is NC(/N=C(\N=C\c1cccc(-c2cccc(-c3ccc4c(c3)C3(c5ccccc5Oc5ccccc53)c3ccccc3-4)c2)c1)c1ccccc1)c1ccccc1. The summed E-state index contributed by atoms with van der Waals surface area (Å²) >= 11 is 0. The molecule has 8 aromatic carbocycles. The standard InChI is InChI=1S/C52H37N3O/c53-50(36-16-3-1-4-17-36)55-51(37-18-5-2-6-19-37)54-34-35-15-13-20-38(31-35)39-21-14-22-40(32-39)41-29-30-43-42-23-7-8-24-44(42)52(47(43)33-41)45-25-9-11-27-48(45)56-49-28-12-10-26-46(49)52/h1-34,50H,53H2/b54-34+,55-51-. The Kier molecular flexibility index (Phi) is 8.32.